The Kier molecular flexibility index (Phi) is 8.13. The minimum Gasteiger partial charge on any atom is -0.497 e. The van der Waals surface area contributed by atoms with Gasteiger partial charge >= 0.3 is 0 Å². The summed E-state index contributed by atoms with van der Waals surface area (Å²) in [5.41, 5.74) is 1.17. The van der Waals surface area contributed by atoms with E-state index in [4.69, 9.17) is 4.74 Å². The van der Waals surface area contributed by atoms with Crippen LogP contribution in [-0.2, 0) is 4.79 Å². The number of ether oxygens (including phenoxy) is 1. The number of benzene rings is 1. The fraction of sp³-hybridized carbons (Fsp3) is 0.588. The Balaban J connectivity index is 0.00000144. The van der Waals surface area contributed by atoms with Gasteiger partial charge in [0.05, 0.1) is 7.11 Å². The molecule has 5 nitrogen and oxygen atoms in total. The Morgan fingerprint density at radius 1 is 1.21 bits per heavy atom. The topological polar surface area (TPSA) is 44.8 Å². The fourth-order valence-corrected chi connectivity index (χ4v) is 3.15. The van der Waals surface area contributed by atoms with Gasteiger partial charge in [-0.2, -0.15) is 0 Å². The zero-order valence-electron chi connectivity index (χ0n) is 14.2. The summed E-state index contributed by atoms with van der Waals surface area (Å²) >= 11 is 0. The van der Waals surface area contributed by atoms with Gasteiger partial charge in [-0.25, -0.2) is 0 Å². The van der Waals surface area contributed by atoms with E-state index < -0.39 is 0 Å². The van der Waals surface area contributed by atoms with Crippen LogP contribution in [0.3, 0.4) is 0 Å². The van der Waals surface area contributed by atoms with E-state index in [1.54, 1.807) is 7.11 Å². The number of rotatable bonds is 4. The van der Waals surface area contributed by atoms with Crippen molar-refractivity contribution < 1.29 is 9.53 Å². The highest BCUT2D eigenvalue weighted by Crippen LogP contribution is 2.23. The molecule has 24 heavy (non-hydrogen) atoms. The number of nitrogens with zero attached hydrogens (tertiary/aromatic N) is 2. The molecule has 1 amide bonds. The minimum absolute atomic E-state index is 0. The van der Waals surface area contributed by atoms with Crippen molar-refractivity contribution in [2.75, 3.05) is 51.3 Å². The molecule has 2 fully saturated rings. The Morgan fingerprint density at radius 2 is 1.88 bits per heavy atom. The summed E-state index contributed by atoms with van der Waals surface area (Å²) in [6.07, 6.45) is 0. The first kappa shape index (κ1) is 20.9. The van der Waals surface area contributed by atoms with E-state index in [0.29, 0.717) is 11.8 Å². The zero-order valence-corrected chi connectivity index (χ0v) is 15.9. The van der Waals surface area contributed by atoms with Gasteiger partial charge in [-0.1, -0.05) is 13.0 Å². The molecule has 1 aromatic carbocycles. The summed E-state index contributed by atoms with van der Waals surface area (Å²) in [5, 5.41) is 3.25. The number of piperazine rings is 1. The van der Waals surface area contributed by atoms with Crippen molar-refractivity contribution in [1.29, 1.82) is 0 Å². The molecule has 2 aliphatic rings. The van der Waals surface area contributed by atoms with Crippen LogP contribution in [0.1, 0.15) is 6.92 Å². The second-order valence-corrected chi connectivity index (χ2v) is 6.22. The number of nitrogens with one attached hydrogen (secondary N) is 1. The molecule has 0 saturated carbocycles. The van der Waals surface area contributed by atoms with Gasteiger partial charge in [-0.3, -0.25) is 4.79 Å². The third-order valence-corrected chi connectivity index (χ3v) is 4.92. The van der Waals surface area contributed by atoms with E-state index in [-0.39, 0.29) is 30.7 Å². The molecule has 7 heteroatoms. The molecule has 1 aromatic rings. The summed E-state index contributed by atoms with van der Waals surface area (Å²) < 4.78 is 5.28. The molecule has 0 radical (unpaired) electrons. The number of methoxy groups -OCH3 is 1. The summed E-state index contributed by atoms with van der Waals surface area (Å²) in [4.78, 5) is 16.9. The monoisotopic (exact) mass is 375 g/mol. The van der Waals surface area contributed by atoms with E-state index >= 15 is 0 Å². The first-order valence-electron chi connectivity index (χ1n) is 8.07. The van der Waals surface area contributed by atoms with Crippen molar-refractivity contribution in [2.24, 2.45) is 11.8 Å². The summed E-state index contributed by atoms with van der Waals surface area (Å²) in [5.74, 6) is 1.85. The molecule has 0 aromatic heterocycles. The molecule has 136 valence electrons. The van der Waals surface area contributed by atoms with E-state index in [1.807, 2.05) is 17.0 Å². The lowest BCUT2D eigenvalue weighted by Crippen LogP contribution is -2.54. The maximum absolute atomic E-state index is 12.5. The predicted octanol–water partition coefficient (Wildman–Crippen LogP) is 2.04. The van der Waals surface area contributed by atoms with Crippen molar-refractivity contribution in [1.82, 2.24) is 10.2 Å². The molecule has 1 atom stereocenters. The highest BCUT2D eigenvalue weighted by Gasteiger charge is 2.32. The van der Waals surface area contributed by atoms with E-state index in [9.17, 15) is 4.79 Å². The van der Waals surface area contributed by atoms with Crippen LogP contribution in [0.2, 0.25) is 0 Å². The van der Waals surface area contributed by atoms with Crippen molar-refractivity contribution in [3.63, 3.8) is 0 Å². The fourth-order valence-electron chi connectivity index (χ4n) is 3.15. The highest BCUT2D eigenvalue weighted by molar-refractivity contribution is 5.85. The van der Waals surface area contributed by atoms with Crippen LogP contribution in [0, 0.1) is 11.8 Å². The average molecular weight is 376 g/mol. The lowest BCUT2D eigenvalue weighted by atomic mass is 9.88. The van der Waals surface area contributed by atoms with Crippen LogP contribution in [0.4, 0.5) is 5.69 Å². The maximum atomic E-state index is 12.5. The summed E-state index contributed by atoms with van der Waals surface area (Å²) in [6.45, 7) is 7.42. The quantitative estimate of drug-likeness (QED) is 0.874. The molecule has 1 N–H and O–H groups in total. The second-order valence-electron chi connectivity index (χ2n) is 6.22. The van der Waals surface area contributed by atoms with Crippen molar-refractivity contribution in [2.45, 2.75) is 6.92 Å². The number of carbonyl (C=O) groups excluding carboxylic acids is 1. The van der Waals surface area contributed by atoms with Gasteiger partial charge in [0.1, 0.15) is 5.75 Å². The highest BCUT2D eigenvalue weighted by atomic mass is 35.5. The third kappa shape index (κ3) is 4.47. The van der Waals surface area contributed by atoms with Crippen molar-refractivity contribution >= 4 is 36.4 Å². The number of halogens is 2. The first-order chi connectivity index (χ1) is 10.7. The number of hydrogen-bond donors (Lipinski definition) is 1. The van der Waals surface area contributed by atoms with Crippen LogP contribution < -0.4 is 15.0 Å². The second kappa shape index (κ2) is 9.35. The van der Waals surface area contributed by atoms with Gasteiger partial charge in [0.2, 0.25) is 5.91 Å². The molecule has 2 aliphatic heterocycles. The van der Waals surface area contributed by atoms with Gasteiger partial charge in [-0.15, -0.1) is 24.8 Å². The van der Waals surface area contributed by atoms with Crippen molar-refractivity contribution in [3.8, 4) is 5.75 Å². The number of amides is 1. The first-order valence-corrected chi connectivity index (χ1v) is 8.07. The SMILES string of the molecule is COc1cccc(N2CCN(C(=O)C(C)C3CNC3)CC2)c1.Cl.Cl. The molecule has 0 bridgehead atoms. The van der Waals surface area contributed by atoms with Gasteiger partial charge in [0.15, 0.2) is 0 Å². The molecule has 0 aliphatic carbocycles. The van der Waals surface area contributed by atoms with Gasteiger partial charge < -0.3 is 19.9 Å². The maximum Gasteiger partial charge on any atom is 0.225 e. The minimum atomic E-state index is 0. The smallest absolute Gasteiger partial charge is 0.225 e. The molecule has 0 spiro atoms. The Bertz CT molecular complexity index is 532. The van der Waals surface area contributed by atoms with Crippen LogP contribution in [0.25, 0.3) is 0 Å². The Morgan fingerprint density at radius 3 is 2.42 bits per heavy atom. The molecular formula is C17H27Cl2N3O2. The third-order valence-electron chi connectivity index (χ3n) is 4.92. The molecule has 1 unspecified atom stereocenters. The van der Waals surface area contributed by atoms with E-state index in [0.717, 1.165) is 45.0 Å². The van der Waals surface area contributed by atoms with Crippen LogP contribution in [-0.4, -0.2) is 57.2 Å². The Hall–Kier alpha value is -1.17. The Labute approximate surface area is 156 Å². The van der Waals surface area contributed by atoms with E-state index in [1.165, 1.54) is 5.69 Å². The average Bonchev–Trinajstić information content (AvgIpc) is 2.52. The standard InChI is InChI=1S/C17H25N3O2.2ClH/c1-13(14-11-18-12-14)17(21)20-8-6-19(7-9-20)15-4-3-5-16(10-15)22-2;;/h3-5,10,13-14,18H,6-9,11-12H2,1-2H3;2*1H. The van der Waals surface area contributed by atoms with Crippen molar-refractivity contribution in [3.05, 3.63) is 24.3 Å². The zero-order chi connectivity index (χ0) is 15.5. The van der Waals surface area contributed by atoms with Gasteiger partial charge in [0, 0.05) is 43.9 Å². The number of anilines is 1. The molecule has 2 saturated heterocycles. The predicted molar refractivity (Wildman–Crippen MR) is 102 cm³/mol. The largest absolute Gasteiger partial charge is 0.497 e. The van der Waals surface area contributed by atoms with Crippen LogP contribution in [0.5, 0.6) is 5.75 Å². The lowest BCUT2D eigenvalue weighted by molar-refractivity contribution is -0.137. The van der Waals surface area contributed by atoms with E-state index in [2.05, 4.69) is 29.3 Å². The number of hydrogen-bond acceptors (Lipinski definition) is 4. The number of carbonyl (C=O) groups is 1. The van der Waals surface area contributed by atoms with Crippen LogP contribution >= 0.6 is 24.8 Å². The molecule has 3 rings (SSSR count). The summed E-state index contributed by atoms with van der Waals surface area (Å²) in [6, 6.07) is 8.12. The molecular weight excluding hydrogens is 349 g/mol. The summed E-state index contributed by atoms with van der Waals surface area (Å²) in [7, 11) is 1.69. The normalized spacial score (nSPS) is 18.8. The van der Waals surface area contributed by atoms with Crippen LogP contribution in [0.15, 0.2) is 24.3 Å². The van der Waals surface area contributed by atoms with Gasteiger partial charge in [-0.05, 0) is 31.1 Å². The lowest BCUT2D eigenvalue weighted by Gasteiger charge is -2.40. The molecule has 2 heterocycles. The van der Waals surface area contributed by atoms with Gasteiger partial charge in [0.25, 0.3) is 0 Å².